The standard InChI is InChI=1S/C23H21NO4/c25-23(26)19-10-8-17(7-6-16-4-2-1-3-5-16)14-20(19)24-18-9-11-21-22(15-18)28-13-12-27-21/h1-5,8-11,14-15,24H,6-7,12-13H2,(H,25,26). The number of nitrogens with one attached hydrogen (secondary N) is 1. The maximum atomic E-state index is 11.7. The Morgan fingerprint density at radius 2 is 1.61 bits per heavy atom. The number of rotatable bonds is 6. The van der Waals surface area contributed by atoms with Crippen molar-refractivity contribution < 1.29 is 19.4 Å². The Labute approximate surface area is 163 Å². The summed E-state index contributed by atoms with van der Waals surface area (Å²) in [6.45, 7) is 1.04. The summed E-state index contributed by atoms with van der Waals surface area (Å²) in [5.74, 6) is 0.398. The Kier molecular flexibility index (Phi) is 5.15. The van der Waals surface area contributed by atoms with E-state index in [9.17, 15) is 9.90 Å². The second kappa shape index (κ2) is 8.05. The number of aromatic carboxylic acids is 1. The summed E-state index contributed by atoms with van der Waals surface area (Å²) in [6.07, 6.45) is 1.73. The van der Waals surface area contributed by atoms with Crippen LogP contribution in [0.2, 0.25) is 0 Å². The van der Waals surface area contributed by atoms with Crippen LogP contribution in [0.25, 0.3) is 0 Å². The first kappa shape index (κ1) is 17.9. The fourth-order valence-corrected chi connectivity index (χ4v) is 3.25. The lowest BCUT2D eigenvalue weighted by molar-refractivity contribution is 0.0698. The van der Waals surface area contributed by atoms with E-state index in [1.807, 2.05) is 48.5 Å². The van der Waals surface area contributed by atoms with Gasteiger partial charge in [-0.15, -0.1) is 0 Å². The van der Waals surface area contributed by atoms with Gasteiger partial charge < -0.3 is 19.9 Å². The van der Waals surface area contributed by atoms with Crippen LogP contribution in [0.4, 0.5) is 11.4 Å². The molecular weight excluding hydrogens is 354 g/mol. The molecule has 28 heavy (non-hydrogen) atoms. The third kappa shape index (κ3) is 4.09. The van der Waals surface area contributed by atoms with Crippen molar-refractivity contribution >= 4 is 17.3 Å². The SMILES string of the molecule is O=C(O)c1ccc(CCc2ccccc2)cc1Nc1ccc2c(c1)OCCO2. The van der Waals surface area contributed by atoms with Crippen LogP contribution in [0, 0.1) is 0 Å². The zero-order valence-corrected chi connectivity index (χ0v) is 15.4. The summed E-state index contributed by atoms with van der Waals surface area (Å²) < 4.78 is 11.1. The first-order valence-electron chi connectivity index (χ1n) is 9.26. The van der Waals surface area contributed by atoms with Crippen molar-refractivity contribution in [3.05, 3.63) is 83.4 Å². The van der Waals surface area contributed by atoms with E-state index in [0.29, 0.717) is 30.4 Å². The Bertz CT molecular complexity index is 985. The van der Waals surface area contributed by atoms with E-state index in [1.165, 1.54) is 5.56 Å². The molecule has 0 atom stereocenters. The monoisotopic (exact) mass is 375 g/mol. The van der Waals surface area contributed by atoms with Gasteiger partial charge in [0.2, 0.25) is 0 Å². The zero-order chi connectivity index (χ0) is 19.3. The number of carboxylic acids is 1. The van der Waals surface area contributed by atoms with Crippen molar-refractivity contribution in [2.75, 3.05) is 18.5 Å². The van der Waals surface area contributed by atoms with Crippen LogP contribution < -0.4 is 14.8 Å². The highest BCUT2D eigenvalue weighted by atomic mass is 16.6. The van der Waals surface area contributed by atoms with Gasteiger partial charge in [0.25, 0.3) is 0 Å². The second-order valence-corrected chi connectivity index (χ2v) is 6.65. The largest absolute Gasteiger partial charge is 0.486 e. The van der Waals surface area contributed by atoms with E-state index in [2.05, 4.69) is 17.4 Å². The number of aryl methyl sites for hydroxylation is 2. The van der Waals surface area contributed by atoms with Gasteiger partial charge in [0.15, 0.2) is 11.5 Å². The van der Waals surface area contributed by atoms with Crippen molar-refractivity contribution in [3.8, 4) is 11.5 Å². The normalized spacial score (nSPS) is 12.4. The van der Waals surface area contributed by atoms with Crippen molar-refractivity contribution in [1.82, 2.24) is 0 Å². The fourth-order valence-electron chi connectivity index (χ4n) is 3.25. The molecule has 1 heterocycles. The summed E-state index contributed by atoms with van der Waals surface area (Å²) in [4.78, 5) is 11.7. The van der Waals surface area contributed by atoms with Crippen LogP contribution in [0.3, 0.4) is 0 Å². The van der Waals surface area contributed by atoms with E-state index >= 15 is 0 Å². The lowest BCUT2D eigenvalue weighted by Gasteiger charge is -2.19. The molecule has 0 aromatic heterocycles. The summed E-state index contributed by atoms with van der Waals surface area (Å²) in [5, 5.41) is 12.8. The smallest absolute Gasteiger partial charge is 0.337 e. The van der Waals surface area contributed by atoms with Crippen LogP contribution >= 0.6 is 0 Å². The maximum absolute atomic E-state index is 11.7. The molecule has 142 valence electrons. The summed E-state index contributed by atoms with van der Waals surface area (Å²) in [6, 6.07) is 21.2. The topological polar surface area (TPSA) is 67.8 Å². The molecule has 0 saturated heterocycles. The molecular formula is C23H21NO4. The molecule has 0 spiro atoms. The summed E-state index contributed by atoms with van der Waals surface area (Å²) in [5.41, 5.74) is 3.89. The van der Waals surface area contributed by atoms with Crippen LogP contribution in [-0.2, 0) is 12.8 Å². The highest BCUT2D eigenvalue weighted by Gasteiger charge is 2.15. The van der Waals surface area contributed by atoms with E-state index < -0.39 is 5.97 Å². The molecule has 0 bridgehead atoms. The highest BCUT2D eigenvalue weighted by Crippen LogP contribution is 2.34. The van der Waals surface area contributed by atoms with Gasteiger partial charge in [-0.2, -0.15) is 0 Å². The molecule has 3 aromatic carbocycles. The third-order valence-corrected chi connectivity index (χ3v) is 4.68. The Morgan fingerprint density at radius 1 is 0.857 bits per heavy atom. The van der Waals surface area contributed by atoms with Crippen LogP contribution in [-0.4, -0.2) is 24.3 Å². The van der Waals surface area contributed by atoms with E-state index in [-0.39, 0.29) is 5.56 Å². The van der Waals surface area contributed by atoms with E-state index in [0.717, 1.165) is 24.1 Å². The number of benzene rings is 3. The molecule has 0 amide bonds. The predicted molar refractivity (Wildman–Crippen MR) is 108 cm³/mol. The number of carbonyl (C=O) groups is 1. The molecule has 5 nitrogen and oxygen atoms in total. The van der Waals surface area contributed by atoms with Gasteiger partial charge >= 0.3 is 5.97 Å². The van der Waals surface area contributed by atoms with Gasteiger partial charge in [-0.25, -0.2) is 4.79 Å². The molecule has 0 unspecified atom stereocenters. The van der Waals surface area contributed by atoms with E-state index in [1.54, 1.807) is 6.07 Å². The van der Waals surface area contributed by atoms with Gasteiger partial charge in [-0.3, -0.25) is 0 Å². The van der Waals surface area contributed by atoms with Crippen molar-refractivity contribution in [1.29, 1.82) is 0 Å². The van der Waals surface area contributed by atoms with Gasteiger partial charge in [0.1, 0.15) is 13.2 Å². The molecule has 2 N–H and O–H groups in total. The molecule has 5 heteroatoms. The van der Waals surface area contributed by atoms with Crippen LogP contribution in [0.1, 0.15) is 21.5 Å². The average molecular weight is 375 g/mol. The number of ether oxygens (including phenoxy) is 2. The lowest BCUT2D eigenvalue weighted by Crippen LogP contribution is -2.15. The molecule has 4 rings (SSSR count). The predicted octanol–water partition coefficient (Wildman–Crippen LogP) is 4.68. The Hall–Kier alpha value is -3.47. The molecule has 0 aliphatic carbocycles. The number of anilines is 2. The van der Waals surface area contributed by atoms with Gasteiger partial charge in [0, 0.05) is 11.8 Å². The van der Waals surface area contributed by atoms with Gasteiger partial charge in [-0.1, -0.05) is 36.4 Å². The van der Waals surface area contributed by atoms with Gasteiger partial charge in [0.05, 0.1) is 11.3 Å². The molecule has 1 aliphatic heterocycles. The quantitative estimate of drug-likeness (QED) is 0.654. The average Bonchev–Trinajstić information content (AvgIpc) is 2.73. The molecule has 1 aliphatic rings. The summed E-state index contributed by atoms with van der Waals surface area (Å²) in [7, 11) is 0. The summed E-state index contributed by atoms with van der Waals surface area (Å²) >= 11 is 0. The number of carboxylic acid groups (broad SMARTS) is 1. The van der Waals surface area contributed by atoms with Crippen molar-refractivity contribution in [2.24, 2.45) is 0 Å². The first-order valence-corrected chi connectivity index (χ1v) is 9.26. The Morgan fingerprint density at radius 3 is 2.39 bits per heavy atom. The lowest BCUT2D eigenvalue weighted by atomic mass is 10.0. The minimum Gasteiger partial charge on any atom is -0.486 e. The first-order chi connectivity index (χ1) is 13.7. The van der Waals surface area contributed by atoms with Crippen molar-refractivity contribution in [3.63, 3.8) is 0 Å². The minimum absolute atomic E-state index is 0.235. The highest BCUT2D eigenvalue weighted by molar-refractivity contribution is 5.95. The number of fused-ring (bicyclic) bond motifs is 1. The molecule has 3 aromatic rings. The second-order valence-electron chi connectivity index (χ2n) is 6.65. The molecule has 0 fully saturated rings. The number of hydrogen-bond acceptors (Lipinski definition) is 4. The van der Waals surface area contributed by atoms with Crippen molar-refractivity contribution in [2.45, 2.75) is 12.8 Å². The van der Waals surface area contributed by atoms with Crippen LogP contribution in [0.15, 0.2) is 66.7 Å². The maximum Gasteiger partial charge on any atom is 0.337 e. The van der Waals surface area contributed by atoms with E-state index in [4.69, 9.17) is 9.47 Å². The number of hydrogen-bond donors (Lipinski definition) is 2. The van der Waals surface area contributed by atoms with Gasteiger partial charge in [-0.05, 0) is 48.2 Å². The Balaban J connectivity index is 1.56. The molecule has 0 saturated carbocycles. The zero-order valence-electron chi connectivity index (χ0n) is 15.4. The fraction of sp³-hybridized carbons (Fsp3) is 0.174. The minimum atomic E-state index is -0.963. The third-order valence-electron chi connectivity index (χ3n) is 4.68. The van der Waals surface area contributed by atoms with Crippen LogP contribution in [0.5, 0.6) is 11.5 Å². The molecule has 0 radical (unpaired) electrons.